The maximum absolute atomic E-state index is 13.4. The van der Waals surface area contributed by atoms with E-state index in [0.29, 0.717) is 12.1 Å². The standard InChI is InChI=1S/C22H24N2O2S/c1-14-6-4-7-17(11-14)21(25)24(13-18-8-5-9-26-18)22-23-19-12-15(2)10-16(3)20(19)27-22/h4,6-7,10-12,18H,5,8-9,13H2,1-3H3. The van der Waals surface area contributed by atoms with Gasteiger partial charge in [0.25, 0.3) is 5.91 Å². The van der Waals surface area contributed by atoms with Gasteiger partial charge in [0.15, 0.2) is 5.13 Å². The molecule has 3 aromatic rings. The van der Waals surface area contributed by atoms with Crippen LogP contribution in [0.25, 0.3) is 10.2 Å². The van der Waals surface area contributed by atoms with E-state index in [1.54, 1.807) is 11.3 Å². The maximum Gasteiger partial charge on any atom is 0.260 e. The summed E-state index contributed by atoms with van der Waals surface area (Å²) in [6.45, 7) is 7.50. The Morgan fingerprint density at radius 1 is 1.22 bits per heavy atom. The summed E-state index contributed by atoms with van der Waals surface area (Å²) in [5.74, 6) is -0.0115. The zero-order valence-corrected chi connectivity index (χ0v) is 16.8. The second-order valence-electron chi connectivity index (χ2n) is 7.35. The Hall–Kier alpha value is -2.24. The van der Waals surface area contributed by atoms with Crippen molar-refractivity contribution in [2.45, 2.75) is 39.7 Å². The minimum absolute atomic E-state index is 0.0115. The van der Waals surface area contributed by atoms with Crippen molar-refractivity contribution in [3.63, 3.8) is 0 Å². The predicted octanol–water partition coefficient (Wildman–Crippen LogP) is 5.05. The van der Waals surface area contributed by atoms with Gasteiger partial charge in [-0.05, 0) is 62.9 Å². The quantitative estimate of drug-likeness (QED) is 0.636. The van der Waals surface area contributed by atoms with E-state index >= 15 is 0 Å². The van der Waals surface area contributed by atoms with Gasteiger partial charge >= 0.3 is 0 Å². The fourth-order valence-corrected chi connectivity index (χ4v) is 4.68. The van der Waals surface area contributed by atoms with Crippen LogP contribution in [0.15, 0.2) is 36.4 Å². The molecule has 0 N–H and O–H groups in total. The number of hydrogen-bond donors (Lipinski definition) is 0. The molecular weight excluding hydrogens is 356 g/mol. The number of aryl methyl sites for hydroxylation is 3. The SMILES string of the molecule is Cc1cccc(C(=O)N(CC2CCCO2)c2nc3cc(C)cc(C)c3s2)c1. The lowest BCUT2D eigenvalue weighted by Crippen LogP contribution is -2.37. The molecule has 1 amide bonds. The van der Waals surface area contributed by atoms with E-state index in [1.807, 2.05) is 36.1 Å². The summed E-state index contributed by atoms with van der Waals surface area (Å²) in [7, 11) is 0. The van der Waals surface area contributed by atoms with Crippen LogP contribution in [0.2, 0.25) is 0 Å². The van der Waals surface area contributed by atoms with E-state index in [-0.39, 0.29) is 12.0 Å². The highest BCUT2D eigenvalue weighted by Gasteiger charge is 2.27. The van der Waals surface area contributed by atoms with Crippen molar-refractivity contribution in [2.24, 2.45) is 0 Å². The lowest BCUT2D eigenvalue weighted by Gasteiger charge is -2.23. The topological polar surface area (TPSA) is 42.4 Å². The molecule has 1 aliphatic heterocycles. The number of hydrogen-bond acceptors (Lipinski definition) is 4. The Kier molecular flexibility index (Phi) is 4.98. The fraction of sp³-hybridized carbons (Fsp3) is 0.364. The molecule has 0 radical (unpaired) electrons. The molecule has 1 aliphatic rings. The second-order valence-corrected chi connectivity index (χ2v) is 8.32. The van der Waals surface area contributed by atoms with Crippen LogP contribution < -0.4 is 4.90 Å². The van der Waals surface area contributed by atoms with Gasteiger partial charge in [0.2, 0.25) is 0 Å². The average molecular weight is 381 g/mol. The molecule has 0 spiro atoms. The molecule has 1 fully saturated rings. The minimum Gasteiger partial charge on any atom is -0.376 e. The van der Waals surface area contributed by atoms with E-state index < -0.39 is 0 Å². The van der Waals surface area contributed by atoms with Crippen molar-refractivity contribution >= 4 is 32.6 Å². The molecule has 4 rings (SSSR count). The Bertz CT molecular complexity index is 989. The Labute approximate surface area is 163 Å². The number of benzene rings is 2. The van der Waals surface area contributed by atoms with Gasteiger partial charge in [-0.25, -0.2) is 4.98 Å². The van der Waals surface area contributed by atoms with Crippen molar-refractivity contribution in [3.05, 3.63) is 58.7 Å². The molecule has 2 aromatic carbocycles. The van der Waals surface area contributed by atoms with Crippen molar-refractivity contribution in [3.8, 4) is 0 Å². The van der Waals surface area contributed by atoms with Gasteiger partial charge in [-0.2, -0.15) is 0 Å². The maximum atomic E-state index is 13.4. The van der Waals surface area contributed by atoms with Gasteiger partial charge in [-0.3, -0.25) is 9.69 Å². The van der Waals surface area contributed by atoms with Crippen molar-refractivity contribution < 1.29 is 9.53 Å². The first-order valence-electron chi connectivity index (χ1n) is 9.39. The van der Waals surface area contributed by atoms with Gasteiger partial charge in [0, 0.05) is 12.2 Å². The number of fused-ring (bicyclic) bond motifs is 1. The van der Waals surface area contributed by atoms with Crippen LogP contribution >= 0.6 is 11.3 Å². The third-order valence-corrected chi connectivity index (χ3v) is 6.19. The van der Waals surface area contributed by atoms with Crippen LogP contribution in [-0.2, 0) is 4.74 Å². The molecule has 4 nitrogen and oxygen atoms in total. The van der Waals surface area contributed by atoms with Gasteiger partial charge in [0.05, 0.1) is 22.9 Å². The van der Waals surface area contributed by atoms with Crippen LogP contribution in [0.3, 0.4) is 0 Å². The molecule has 0 saturated carbocycles. The van der Waals surface area contributed by atoms with E-state index in [4.69, 9.17) is 9.72 Å². The Balaban J connectivity index is 1.75. The summed E-state index contributed by atoms with van der Waals surface area (Å²) in [6, 6.07) is 12.0. The lowest BCUT2D eigenvalue weighted by atomic mass is 10.1. The monoisotopic (exact) mass is 380 g/mol. The van der Waals surface area contributed by atoms with Crippen molar-refractivity contribution in [1.29, 1.82) is 0 Å². The summed E-state index contributed by atoms with van der Waals surface area (Å²) >= 11 is 1.59. The van der Waals surface area contributed by atoms with E-state index in [0.717, 1.165) is 40.4 Å². The number of thiazole rings is 1. The number of nitrogens with zero attached hydrogens (tertiary/aromatic N) is 2. The highest BCUT2D eigenvalue weighted by Crippen LogP contribution is 2.33. The number of amides is 1. The molecule has 2 heterocycles. The molecule has 1 unspecified atom stereocenters. The van der Waals surface area contributed by atoms with Gasteiger partial charge in [-0.15, -0.1) is 0 Å². The highest BCUT2D eigenvalue weighted by molar-refractivity contribution is 7.22. The first-order valence-corrected chi connectivity index (χ1v) is 10.2. The van der Waals surface area contributed by atoms with Crippen molar-refractivity contribution in [1.82, 2.24) is 4.98 Å². The average Bonchev–Trinajstić information content (AvgIpc) is 3.28. The highest BCUT2D eigenvalue weighted by atomic mass is 32.1. The second kappa shape index (κ2) is 7.41. The smallest absolute Gasteiger partial charge is 0.260 e. The van der Waals surface area contributed by atoms with Crippen LogP contribution in [0.5, 0.6) is 0 Å². The Morgan fingerprint density at radius 2 is 2.07 bits per heavy atom. The molecular formula is C22H24N2O2S. The number of ether oxygens (including phenoxy) is 1. The number of carbonyl (C=O) groups excluding carboxylic acids is 1. The summed E-state index contributed by atoms with van der Waals surface area (Å²) in [5, 5.41) is 0.751. The molecule has 1 atom stereocenters. The third kappa shape index (κ3) is 3.75. The van der Waals surface area contributed by atoms with Crippen LogP contribution in [0.1, 0.15) is 39.9 Å². The third-order valence-electron chi connectivity index (χ3n) is 4.96. The Morgan fingerprint density at radius 3 is 2.81 bits per heavy atom. The minimum atomic E-state index is -0.0115. The predicted molar refractivity (Wildman–Crippen MR) is 111 cm³/mol. The van der Waals surface area contributed by atoms with Crippen LogP contribution in [0, 0.1) is 20.8 Å². The summed E-state index contributed by atoms with van der Waals surface area (Å²) in [4.78, 5) is 20.0. The molecule has 1 aromatic heterocycles. The molecule has 1 saturated heterocycles. The van der Waals surface area contributed by atoms with Gasteiger partial charge in [0.1, 0.15) is 0 Å². The molecule has 0 bridgehead atoms. The lowest BCUT2D eigenvalue weighted by molar-refractivity contribution is 0.0917. The van der Waals surface area contributed by atoms with Gasteiger partial charge < -0.3 is 4.74 Å². The molecule has 140 valence electrons. The summed E-state index contributed by atoms with van der Waals surface area (Å²) < 4.78 is 6.96. The molecule has 5 heteroatoms. The zero-order valence-electron chi connectivity index (χ0n) is 16.0. The number of anilines is 1. The van der Waals surface area contributed by atoms with Crippen molar-refractivity contribution in [2.75, 3.05) is 18.1 Å². The number of rotatable bonds is 4. The zero-order chi connectivity index (χ0) is 19.0. The van der Waals surface area contributed by atoms with Gasteiger partial charge in [-0.1, -0.05) is 35.1 Å². The normalized spacial score (nSPS) is 16.8. The van der Waals surface area contributed by atoms with Crippen LogP contribution in [0.4, 0.5) is 5.13 Å². The number of carbonyl (C=O) groups is 1. The molecule has 0 aliphatic carbocycles. The van der Waals surface area contributed by atoms with E-state index in [1.165, 1.54) is 11.1 Å². The van der Waals surface area contributed by atoms with E-state index in [2.05, 4.69) is 26.0 Å². The molecule has 27 heavy (non-hydrogen) atoms. The number of aromatic nitrogens is 1. The summed E-state index contributed by atoms with van der Waals surface area (Å²) in [6.07, 6.45) is 2.12. The van der Waals surface area contributed by atoms with E-state index in [9.17, 15) is 4.79 Å². The largest absolute Gasteiger partial charge is 0.376 e. The first kappa shape index (κ1) is 18.1. The summed E-state index contributed by atoms with van der Waals surface area (Å²) in [5.41, 5.74) is 5.12. The first-order chi connectivity index (χ1) is 13.0. The fourth-order valence-electron chi connectivity index (χ4n) is 3.65. The van der Waals surface area contributed by atoms with Crippen LogP contribution in [-0.4, -0.2) is 30.1 Å².